The number of aliphatic imine (C=N–C) groups is 1. The van der Waals surface area contributed by atoms with E-state index >= 15 is 0 Å². The first-order valence-electron chi connectivity index (χ1n) is 6.79. The summed E-state index contributed by atoms with van der Waals surface area (Å²) in [5, 5.41) is 6.81. The normalized spacial score (nSPS) is 21.5. The highest BCUT2D eigenvalue weighted by atomic mass is 127. The van der Waals surface area contributed by atoms with Crippen molar-refractivity contribution < 1.29 is 0 Å². The Kier molecular flexibility index (Phi) is 6.62. The quantitative estimate of drug-likeness (QED) is 0.484. The molecule has 0 spiro atoms. The molecule has 4 heteroatoms. The summed E-state index contributed by atoms with van der Waals surface area (Å²) in [6.45, 7) is 5.32. The largest absolute Gasteiger partial charge is 0.356 e. The topological polar surface area (TPSA) is 36.4 Å². The van der Waals surface area contributed by atoms with E-state index in [0.717, 1.165) is 18.9 Å². The fourth-order valence-electron chi connectivity index (χ4n) is 2.31. The van der Waals surface area contributed by atoms with Gasteiger partial charge in [-0.3, -0.25) is 4.99 Å². The van der Waals surface area contributed by atoms with Gasteiger partial charge in [0.2, 0.25) is 0 Å². The summed E-state index contributed by atoms with van der Waals surface area (Å²) < 4.78 is 0. The molecule has 0 heterocycles. The molecular formula is C15H24IN3. The summed E-state index contributed by atoms with van der Waals surface area (Å²) in [6, 6.07) is 9.20. The predicted octanol–water partition coefficient (Wildman–Crippen LogP) is 3.04. The summed E-state index contributed by atoms with van der Waals surface area (Å²) in [5.41, 5.74) is 2.87. The molecule has 1 saturated carbocycles. The maximum atomic E-state index is 4.25. The van der Waals surface area contributed by atoms with Crippen molar-refractivity contribution in [2.24, 2.45) is 4.99 Å². The minimum Gasteiger partial charge on any atom is -0.356 e. The smallest absolute Gasteiger partial charge is 0.191 e. The van der Waals surface area contributed by atoms with E-state index in [9.17, 15) is 0 Å². The van der Waals surface area contributed by atoms with Crippen LogP contribution in [0.15, 0.2) is 29.3 Å². The molecule has 1 fully saturated rings. The number of guanidine groups is 1. The number of aryl methyl sites for hydroxylation is 1. The highest BCUT2D eigenvalue weighted by Crippen LogP contribution is 2.41. The van der Waals surface area contributed by atoms with Gasteiger partial charge in [-0.25, -0.2) is 0 Å². The SMILES string of the molecule is CCCNC(=NC)NC1CC1c1ccccc1C.I. The first kappa shape index (κ1) is 16.3. The van der Waals surface area contributed by atoms with Crippen molar-refractivity contribution in [3.05, 3.63) is 35.4 Å². The van der Waals surface area contributed by atoms with Gasteiger partial charge < -0.3 is 10.6 Å². The van der Waals surface area contributed by atoms with Crippen LogP contribution in [0.3, 0.4) is 0 Å². The Morgan fingerprint density at radius 2 is 2.11 bits per heavy atom. The van der Waals surface area contributed by atoms with Crippen LogP contribution in [0.1, 0.15) is 36.8 Å². The zero-order valence-electron chi connectivity index (χ0n) is 11.9. The third kappa shape index (κ3) is 4.37. The lowest BCUT2D eigenvalue weighted by Crippen LogP contribution is -2.39. The second-order valence-electron chi connectivity index (χ2n) is 4.95. The van der Waals surface area contributed by atoms with E-state index in [4.69, 9.17) is 0 Å². The lowest BCUT2D eigenvalue weighted by molar-refractivity contribution is 0.768. The number of benzene rings is 1. The molecule has 0 radical (unpaired) electrons. The van der Waals surface area contributed by atoms with E-state index in [1.165, 1.54) is 17.5 Å². The number of hydrogen-bond acceptors (Lipinski definition) is 1. The van der Waals surface area contributed by atoms with E-state index < -0.39 is 0 Å². The zero-order valence-corrected chi connectivity index (χ0v) is 14.3. The van der Waals surface area contributed by atoms with Crippen LogP contribution in [0.2, 0.25) is 0 Å². The zero-order chi connectivity index (χ0) is 13.0. The first-order chi connectivity index (χ1) is 8.76. The fourth-order valence-corrected chi connectivity index (χ4v) is 2.31. The fraction of sp³-hybridized carbons (Fsp3) is 0.533. The second-order valence-corrected chi connectivity index (χ2v) is 4.95. The number of rotatable bonds is 4. The van der Waals surface area contributed by atoms with Crippen molar-refractivity contribution >= 4 is 29.9 Å². The second kappa shape index (κ2) is 7.72. The molecule has 0 amide bonds. The molecule has 3 nitrogen and oxygen atoms in total. The predicted molar refractivity (Wildman–Crippen MR) is 92.5 cm³/mol. The Bertz CT molecular complexity index is 431. The van der Waals surface area contributed by atoms with Crippen LogP contribution in [0.25, 0.3) is 0 Å². The molecule has 1 aliphatic rings. The highest BCUT2D eigenvalue weighted by molar-refractivity contribution is 14.0. The van der Waals surface area contributed by atoms with Gasteiger partial charge in [0.25, 0.3) is 0 Å². The van der Waals surface area contributed by atoms with Crippen LogP contribution in [-0.2, 0) is 0 Å². The standard InChI is InChI=1S/C15H23N3.HI/c1-4-9-17-15(16-3)18-14-10-13(14)12-8-6-5-7-11(12)2;/h5-8,13-14H,4,9-10H2,1-3H3,(H2,16,17,18);1H. The monoisotopic (exact) mass is 373 g/mol. The molecule has 1 aromatic rings. The van der Waals surface area contributed by atoms with Crippen LogP contribution in [-0.4, -0.2) is 25.6 Å². The average Bonchev–Trinajstić information content (AvgIpc) is 3.14. The molecule has 1 aliphatic carbocycles. The van der Waals surface area contributed by atoms with Crippen molar-refractivity contribution in [1.29, 1.82) is 0 Å². The van der Waals surface area contributed by atoms with Crippen LogP contribution in [0.5, 0.6) is 0 Å². The van der Waals surface area contributed by atoms with Gasteiger partial charge in [0, 0.05) is 25.6 Å². The van der Waals surface area contributed by atoms with E-state index in [2.05, 4.69) is 53.7 Å². The van der Waals surface area contributed by atoms with Crippen LogP contribution >= 0.6 is 24.0 Å². The highest BCUT2D eigenvalue weighted by Gasteiger charge is 2.39. The molecule has 0 aliphatic heterocycles. The molecular weight excluding hydrogens is 349 g/mol. The molecule has 0 aromatic heterocycles. The Morgan fingerprint density at radius 3 is 2.74 bits per heavy atom. The number of nitrogens with zero attached hydrogens (tertiary/aromatic N) is 1. The van der Waals surface area contributed by atoms with E-state index in [-0.39, 0.29) is 24.0 Å². The first-order valence-corrected chi connectivity index (χ1v) is 6.79. The van der Waals surface area contributed by atoms with Gasteiger partial charge in [0.15, 0.2) is 5.96 Å². The molecule has 0 bridgehead atoms. The van der Waals surface area contributed by atoms with Gasteiger partial charge in [-0.05, 0) is 30.9 Å². The molecule has 1 aromatic carbocycles. The Morgan fingerprint density at radius 1 is 1.37 bits per heavy atom. The Labute approximate surface area is 133 Å². The van der Waals surface area contributed by atoms with Gasteiger partial charge in [0.05, 0.1) is 0 Å². The van der Waals surface area contributed by atoms with Gasteiger partial charge in [-0.1, -0.05) is 31.2 Å². The third-order valence-electron chi connectivity index (χ3n) is 3.47. The van der Waals surface area contributed by atoms with Crippen LogP contribution in [0, 0.1) is 6.92 Å². The summed E-state index contributed by atoms with van der Waals surface area (Å²) in [6.07, 6.45) is 2.32. The third-order valence-corrected chi connectivity index (χ3v) is 3.47. The van der Waals surface area contributed by atoms with Gasteiger partial charge in [0.1, 0.15) is 0 Å². The lowest BCUT2D eigenvalue weighted by Gasteiger charge is -2.11. The lowest BCUT2D eigenvalue weighted by atomic mass is 10.0. The minimum absolute atomic E-state index is 0. The van der Waals surface area contributed by atoms with E-state index in [1.54, 1.807) is 0 Å². The van der Waals surface area contributed by atoms with Gasteiger partial charge >= 0.3 is 0 Å². The van der Waals surface area contributed by atoms with Crippen molar-refractivity contribution in [2.45, 2.75) is 38.6 Å². The van der Waals surface area contributed by atoms with E-state index in [0.29, 0.717) is 12.0 Å². The summed E-state index contributed by atoms with van der Waals surface area (Å²) in [4.78, 5) is 4.25. The average molecular weight is 373 g/mol. The number of halogens is 1. The van der Waals surface area contributed by atoms with Crippen molar-refractivity contribution in [2.75, 3.05) is 13.6 Å². The van der Waals surface area contributed by atoms with Crippen LogP contribution in [0.4, 0.5) is 0 Å². The molecule has 2 rings (SSSR count). The molecule has 0 saturated heterocycles. The molecule has 106 valence electrons. The molecule has 2 unspecified atom stereocenters. The van der Waals surface area contributed by atoms with Crippen LogP contribution < -0.4 is 10.6 Å². The summed E-state index contributed by atoms with van der Waals surface area (Å²) in [7, 11) is 1.83. The summed E-state index contributed by atoms with van der Waals surface area (Å²) in [5.74, 6) is 1.57. The minimum atomic E-state index is 0. The van der Waals surface area contributed by atoms with Gasteiger partial charge in [-0.15, -0.1) is 24.0 Å². The summed E-state index contributed by atoms with van der Waals surface area (Å²) >= 11 is 0. The van der Waals surface area contributed by atoms with E-state index in [1.807, 2.05) is 7.05 Å². The number of hydrogen-bond donors (Lipinski definition) is 2. The van der Waals surface area contributed by atoms with Crippen molar-refractivity contribution in [3.8, 4) is 0 Å². The Hall–Kier alpha value is -0.780. The molecule has 2 atom stereocenters. The van der Waals surface area contributed by atoms with Gasteiger partial charge in [-0.2, -0.15) is 0 Å². The maximum Gasteiger partial charge on any atom is 0.191 e. The molecule has 2 N–H and O–H groups in total. The number of nitrogens with one attached hydrogen (secondary N) is 2. The maximum absolute atomic E-state index is 4.25. The van der Waals surface area contributed by atoms with Crippen molar-refractivity contribution in [3.63, 3.8) is 0 Å². The van der Waals surface area contributed by atoms with Crippen molar-refractivity contribution in [1.82, 2.24) is 10.6 Å². The molecule has 19 heavy (non-hydrogen) atoms. The Balaban J connectivity index is 0.00000180.